The van der Waals surface area contributed by atoms with E-state index >= 15 is 0 Å². The van der Waals surface area contributed by atoms with Gasteiger partial charge in [-0.1, -0.05) is 68.3 Å². The second-order valence-corrected chi connectivity index (χ2v) is 66.1. The molecule has 6 saturated heterocycles. The smallest absolute Gasteiger partial charge is 0.332 e. The quantitative estimate of drug-likeness (QED) is 0.0273. The minimum absolute atomic E-state index is 0.0577. The Morgan fingerprint density at radius 2 is 0.737 bits per heavy atom. The maximum atomic E-state index is 12.1. The van der Waals surface area contributed by atoms with E-state index in [0.717, 1.165) is 65.4 Å². The molecule has 11 aliphatic heterocycles. The Hall–Kier alpha value is -6.16. The van der Waals surface area contributed by atoms with Gasteiger partial charge in [0.2, 0.25) is 0 Å². The first-order valence-electron chi connectivity index (χ1n) is 43.5. The van der Waals surface area contributed by atoms with E-state index in [4.69, 9.17) is 33.2 Å². The molecule has 0 aromatic carbocycles. The number of aliphatic hydroxyl groups is 10. The molecule has 43 heteroatoms. The first kappa shape index (κ1) is 114. The van der Waals surface area contributed by atoms with Gasteiger partial charge in [0.1, 0.15) is 96.0 Å². The van der Waals surface area contributed by atoms with Gasteiger partial charge in [0.25, 0.3) is 35.1 Å². The van der Waals surface area contributed by atoms with Crippen LogP contribution in [0.15, 0.2) is 144 Å². The van der Waals surface area contributed by atoms with Gasteiger partial charge >= 0.3 is 5.69 Å². The van der Waals surface area contributed by atoms with Crippen LogP contribution in [0.2, 0.25) is 0 Å². The van der Waals surface area contributed by atoms with E-state index in [9.17, 15) is 84.6 Å². The summed E-state index contributed by atoms with van der Waals surface area (Å²) < 4.78 is 42.8. The highest BCUT2D eigenvalue weighted by atomic mass is 127. The van der Waals surface area contributed by atoms with Crippen molar-refractivity contribution in [1.29, 1.82) is 0 Å². The fraction of sp³-hybridized carbons (Fsp3) is 0.589. The summed E-state index contributed by atoms with van der Waals surface area (Å²) in [7, 11) is 2.89. The molecule has 0 unspecified atom stereocenters. The number of methoxy groups -OCH3 is 1. The van der Waals surface area contributed by atoms with Crippen LogP contribution in [0.5, 0.6) is 0 Å². The van der Waals surface area contributed by atoms with Crippen molar-refractivity contribution in [2.24, 2.45) is 13.0 Å². The number of alkyl halides is 1. The van der Waals surface area contributed by atoms with Crippen molar-refractivity contribution >= 4 is 131 Å². The minimum atomic E-state index is -1.27. The van der Waals surface area contributed by atoms with E-state index in [0.29, 0.717) is 36.7 Å². The second-order valence-electron chi connectivity index (χ2n) is 38.7. The summed E-state index contributed by atoms with van der Waals surface area (Å²) in [6.45, 7) is 40.5. The van der Waals surface area contributed by atoms with E-state index in [1.807, 2.05) is 6.92 Å². The van der Waals surface area contributed by atoms with Gasteiger partial charge in [-0.25, -0.2) is 4.79 Å². The Morgan fingerprint density at radius 1 is 0.421 bits per heavy atom. The van der Waals surface area contributed by atoms with Crippen LogP contribution in [0.25, 0.3) is 0 Å². The van der Waals surface area contributed by atoms with Crippen LogP contribution in [0.4, 0.5) is 0 Å². The van der Waals surface area contributed by atoms with Crippen molar-refractivity contribution in [3.05, 3.63) is 155 Å². The topological polar surface area (TPSA) is 473 Å². The summed E-state index contributed by atoms with van der Waals surface area (Å²) in [5, 5.41) is 115. The molecule has 0 radical (unpaired) electrons. The third-order valence-electron chi connectivity index (χ3n) is 23.1. The van der Waals surface area contributed by atoms with Crippen LogP contribution in [0.1, 0.15) is 58.6 Å². The number of hydrogen-bond donors (Lipinski definition) is 15. The summed E-state index contributed by atoms with van der Waals surface area (Å²) in [5.74, 6) is 5.80. The number of aliphatic hydroxyl groups excluding tert-OH is 10. The molecular formula is C90H145IN12O24P6. The van der Waals surface area contributed by atoms with Gasteiger partial charge < -0.3 is 135 Å². The third-order valence-corrected chi connectivity index (χ3v) is 33.3. The Labute approximate surface area is 796 Å². The molecule has 1 aromatic heterocycles. The average molecular weight is 2090 g/mol. The predicted octanol–water partition coefficient (Wildman–Crippen LogP) is 2.14. The standard InChI is InChI=1S/C17H25N2O4P.C15H25N2O5P.C15H25N2O4P.C15H25N2O3P.C14H22IN2O3P.C14H23N2O5P/c1-6-7-12-10-19(11(2)18-16(12)22)17-15(21)14(20)13(23-17)8-9-24(3,4)5;1-9-16-14(21)10(8-18)7-17(9)15-13(20)12(19)11(22-15)5-6-23(2,3)4;1-10-16-12(18)6-8-17(10)15-14(20-2)13(19)11(21-15)7-9-22(3,4)5;1-10-14(19)12(7-9-21(3,4)5)20-15(10)17-8-6-13(18)16-11(17)2;1-9-16-11(18)5-7-17(9)14-12(15)13(19)10(20-14)6-8-21(2,3)4;1-15-10(17)5-7-16(14(15)20)13-12(19)11(18)9(21-13)6-8-22(2,3)4/h10,13-15,17,20-21H,2-3,8-9H2,1,4-5H3,(H,18,22);7,11-13,15,18-20H,1-2,5-6,8H2,3-4H3,(H,16,21);6,8,11,13-15,19H,1,3,7,9H2,2,4-5H3,(H,16,18);6,8,10,12,14-15,19H,2-3,7,9H2,1,4-5H3,(H,16,18);5,7,10,12-14,19H,1-2,6,8H2,3-4H3,(H,16,18);5,7,9,11-13,18-19H,2,6,8H2,1,3-4H3/t13-,14-,15-,17-;11-,12-,13-,15-;11-,13-,14-,15-;10-,12-,14+,15-;10-,12-,13-,14-;9-,11-,12-,13-/m111111/s1. The Bertz CT molecular complexity index is 5000. The van der Waals surface area contributed by atoms with Crippen LogP contribution < -0.4 is 37.8 Å². The molecule has 12 rings (SSSR count). The maximum absolute atomic E-state index is 12.1. The largest absolute Gasteiger partial charge is 0.391 e. The highest BCUT2D eigenvalue weighted by Gasteiger charge is 2.52. The number of nitrogens with one attached hydrogen (secondary N) is 5. The molecule has 1 aromatic rings. The summed E-state index contributed by atoms with van der Waals surface area (Å²) in [6, 6.07) is 1.22. The number of rotatable bonds is 26. The van der Waals surface area contributed by atoms with Crippen molar-refractivity contribution in [1.82, 2.24) is 60.2 Å². The zero-order chi connectivity index (χ0) is 100. The van der Waals surface area contributed by atoms with E-state index in [1.165, 1.54) is 59.7 Å². The molecule has 746 valence electrons. The van der Waals surface area contributed by atoms with Gasteiger partial charge in [-0.05, 0) is 162 Å². The molecule has 133 heavy (non-hydrogen) atoms. The van der Waals surface area contributed by atoms with E-state index in [-0.39, 0.29) is 87.0 Å². The molecular weight excluding hydrogens is 1950 g/mol. The Kier molecular flexibility index (Phi) is 41.2. The highest BCUT2D eigenvalue weighted by Crippen LogP contribution is 2.46. The molecule has 15 N–H and O–H groups in total. The van der Waals surface area contributed by atoms with Crippen LogP contribution >= 0.6 is 63.9 Å². The monoisotopic (exact) mass is 2090 g/mol. The Balaban J connectivity index is 0.000000218. The van der Waals surface area contributed by atoms with E-state index < -0.39 is 169 Å². The van der Waals surface area contributed by atoms with Crippen molar-refractivity contribution in [3.8, 4) is 11.8 Å². The van der Waals surface area contributed by atoms with Crippen molar-refractivity contribution in [3.63, 3.8) is 0 Å². The number of amides is 5. The molecule has 36 nitrogen and oxygen atoms in total. The van der Waals surface area contributed by atoms with Crippen LogP contribution in [0.3, 0.4) is 0 Å². The van der Waals surface area contributed by atoms with Gasteiger partial charge in [0.05, 0.1) is 64.9 Å². The van der Waals surface area contributed by atoms with E-state index in [1.54, 1.807) is 47.3 Å². The summed E-state index contributed by atoms with van der Waals surface area (Å²) >= 11 is 2.20. The number of ether oxygens (including phenoxy) is 7. The number of carbonyl (C=O) groups excluding carboxylic acids is 5. The predicted molar refractivity (Wildman–Crippen MR) is 547 cm³/mol. The highest BCUT2D eigenvalue weighted by molar-refractivity contribution is 14.1. The van der Waals surface area contributed by atoms with Crippen molar-refractivity contribution in [2.45, 2.75) is 191 Å². The number of nitrogens with zero attached hydrogens (tertiary/aromatic N) is 7. The number of carbonyl (C=O) groups is 5. The first-order valence-corrected chi connectivity index (χ1v) is 63.0. The lowest BCUT2D eigenvalue weighted by atomic mass is 10.00. The zero-order valence-electron chi connectivity index (χ0n) is 79.5. The summed E-state index contributed by atoms with van der Waals surface area (Å²) in [5.41, 5.74) is -0.636. The van der Waals surface area contributed by atoms with Crippen LogP contribution in [-0.4, -0.2) is 415 Å². The zero-order valence-corrected chi connectivity index (χ0v) is 87.0. The molecule has 0 bridgehead atoms. The molecule has 0 spiro atoms. The van der Waals surface area contributed by atoms with Crippen molar-refractivity contribution in [2.75, 3.05) is 131 Å². The fourth-order valence-corrected chi connectivity index (χ4v) is 22.1. The normalized spacial score (nSPS) is 31.8. The second kappa shape index (κ2) is 48.1. The van der Waals surface area contributed by atoms with Gasteiger partial charge in [-0.15, -0.1) is 85.0 Å². The molecule has 0 saturated carbocycles. The minimum Gasteiger partial charge on any atom is -0.391 e. The molecule has 0 aliphatic carbocycles. The number of halogens is 1. The van der Waals surface area contributed by atoms with E-state index in [2.05, 4.69) is 212 Å². The lowest BCUT2D eigenvalue weighted by Crippen LogP contribution is -2.48. The van der Waals surface area contributed by atoms with Crippen LogP contribution in [0, 0.1) is 17.8 Å². The Morgan fingerprint density at radius 3 is 1.11 bits per heavy atom. The van der Waals surface area contributed by atoms with Crippen molar-refractivity contribution < 1.29 is 108 Å². The van der Waals surface area contributed by atoms with Gasteiger partial charge in [0.15, 0.2) is 24.9 Å². The maximum Gasteiger partial charge on any atom is 0.332 e. The SMILES string of the molecule is C=C1NC(=O)C(C#CC)=CN1[C@@H]1O[C@H](CCP(=C)(C)C)[C@@H](O)[C@H]1O.C=C1NC(=O)C(CO)=CN1[C@@H]1O[C@H](CCP(=C)(C)C)[C@@H](O)[C@H]1O.C=C1NC(=O)C=CN1[C@@H]1O[C@H](CCP(=C)(C)C)[C@@H](O)[C@H]1C.C=C1NC(=O)C=CN1[C@@H]1O[C@H](CCP(=C)(C)C)[C@@H](O)[C@H]1I.C=C1NC(=O)C=CN1[C@@H]1O[C@H](CCP(=C)(C)C)[C@@H](O)[C@H]1OC.C=P(C)(C)CC[C@H]1O[C@@H](n2ccc(=O)n(C)c2=O)[C@H](O)[C@@H]1O. The van der Waals surface area contributed by atoms with Gasteiger partial charge in [0, 0.05) is 81.6 Å². The van der Waals surface area contributed by atoms with Gasteiger partial charge in [-0.2, -0.15) is 0 Å². The molecule has 11 aliphatic rings. The lowest BCUT2D eigenvalue weighted by molar-refractivity contribution is -0.120. The number of hydrogen-bond acceptors (Lipinski definition) is 29. The summed E-state index contributed by atoms with van der Waals surface area (Å²) in [4.78, 5) is 89.1. The summed E-state index contributed by atoms with van der Waals surface area (Å²) in [6.07, 6.45) is 33.0. The molecule has 6 fully saturated rings. The molecule has 5 amide bonds. The molecule has 12 heterocycles. The fourth-order valence-electron chi connectivity index (χ4n) is 15.4. The van der Waals surface area contributed by atoms with Crippen LogP contribution in [-0.2, 0) is 64.2 Å². The first-order chi connectivity index (χ1) is 61.5. The third kappa shape index (κ3) is 32.2. The lowest BCUT2D eigenvalue weighted by Gasteiger charge is -2.34. The molecule has 24 atom stereocenters. The van der Waals surface area contributed by atoms with Gasteiger partial charge in [-0.3, -0.25) is 37.9 Å². The average Bonchev–Trinajstić information content (AvgIpc) is 1.68. The number of aromatic nitrogens is 2.